The molecular weight excluding hydrogens is 198 g/mol. The van der Waals surface area contributed by atoms with Gasteiger partial charge in [-0.15, -0.1) is 0 Å². The van der Waals surface area contributed by atoms with Crippen LogP contribution in [0.2, 0.25) is 0 Å². The number of rotatable bonds is 1. The summed E-state index contributed by atoms with van der Waals surface area (Å²) in [7, 11) is 0. The number of barbiturate groups is 1. The van der Waals surface area contributed by atoms with Crippen molar-refractivity contribution in [2.24, 2.45) is 11.7 Å². The molecule has 0 saturated carbocycles. The van der Waals surface area contributed by atoms with Crippen molar-refractivity contribution < 1.29 is 19.3 Å². The van der Waals surface area contributed by atoms with Crippen LogP contribution in [0.5, 0.6) is 0 Å². The fraction of sp³-hybridized carbons (Fsp3) is 0.250. The number of urea groups is 1. The molecule has 0 aromatic heterocycles. The van der Waals surface area contributed by atoms with Crippen molar-refractivity contribution in [3.05, 3.63) is 10.1 Å². The standard InChI is InChI=1S/C4H3N3O5.H4N2/c8-2-1(7(11)12)3(9)6-4(10)5-2;1-2/h1H,(H2,5,6,8,9,10);1-2H2. The number of nitrogens with zero attached hydrogens (tertiary/aromatic N) is 1. The molecule has 1 rings (SSSR count). The third-order valence-corrected chi connectivity index (χ3v) is 1.18. The number of nitrogens with one attached hydrogen (secondary N) is 2. The molecule has 1 saturated heterocycles. The quantitative estimate of drug-likeness (QED) is 0.151. The second-order valence-corrected chi connectivity index (χ2v) is 2.00. The number of amides is 4. The highest BCUT2D eigenvalue weighted by atomic mass is 16.6. The Bertz CT molecular complexity index is 268. The van der Waals surface area contributed by atoms with Crippen molar-refractivity contribution >= 4 is 17.8 Å². The van der Waals surface area contributed by atoms with Crippen LogP contribution in [0.25, 0.3) is 0 Å². The van der Waals surface area contributed by atoms with E-state index >= 15 is 0 Å². The lowest BCUT2D eigenvalue weighted by Gasteiger charge is -2.13. The molecule has 10 heteroatoms. The summed E-state index contributed by atoms with van der Waals surface area (Å²) in [5.74, 6) is 5.57. The largest absolute Gasteiger partial charge is 0.366 e. The maximum Gasteiger partial charge on any atom is 0.366 e. The van der Waals surface area contributed by atoms with Crippen LogP contribution in [0.4, 0.5) is 4.79 Å². The summed E-state index contributed by atoms with van der Waals surface area (Å²) >= 11 is 0. The average molecular weight is 205 g/mol. The number of nitro groups is 1. The molecule has 1 fully saturated rings. The molecule has 1 heterocycles. The first-order chi connectivity index (χ1) is 6.52. The lowest BCUT2D eigenvalue weighted by Crippen LogP contribution is -2.61. The van der Waals surface area contributed by atoms with Gasteiger partial charge in [0, 0.05) is 4.92 Å². The highest BCUT2D eigenvalue weighted by Crippen LogP contribution is 1.95. The molecule has 1 aliphatic rings. The fourth-order valence-corrected chi connectivity index (χ4v) is 0.702. The highest BCUT2D eigenvalue weighted by Gasteiger charge is 2.43. The molecule has 0 aliphatic carbocycles. The monoisotopic (exact) mass is 205 g/mol. The van der Waals surface area contributed by atoms with Crippen molar-refractivity contribution in [1.29, 1.82) is 0 Å². The number of hydrazine groups is 1. The van der Waals surface area contributed by atoms with Gasteiger partial charge in [-0.3, -0.25) is 42.0 Å². The Morgan fingerprint density at radius 3 is 1.79 bits per heavy atom. The Hall–Kier alpha value is -2.07. The van der Waals surface area contributed by atoms with Gasteiger partial charge in [0.1, 0.15) is 0 Å². The van der Waals surface area contributed by atoms with Crippen LogP contribution >= 0.6 is 0 Å². The molecule has 1 aliphatic heterocycles. The van der Waals surface area contributed by atoms with Gasteiger partial charge in [0.25, 0.3) is 0 Å². The molecule has 0 bridgehead atoms. The van der Waals surface area contributed by atoms with Gasteiger partial charge in [0.05, 0.1) is 0 Å². The van der Waals surface area contributed by atoms with E-state index in [1.54, 1.807) is 10.6 Å². The average Bonchev–Trinajstić information content (AvgIpc) is 2.04. The van der Waals surface area contributed by atoms with Gasteiger partial charge >= 0.3 is 23.9 Å². The van der Waals surface area contributed by atoms with Crippen molar-refractivity contribution in [3.63, 3.8) is 0 Å². The molecule has 4 amide bonds. The van der Waals surface area contributed by atoms with E-state index in [0.717, 1.165) is 0 Å². The van der Waals surface area contributed by atoms with Gasteiger partial charge < -0.3 is 0 Å². The predicted molar refractivity (Wildman–Crippen MR) is 40.8 cm³/mol. The lowest BCUT2D eigenvalue weighted by molar-refractivity contribution is -0.494. The van der Waals surface area contributed by atoms with Crippen LogP contribution in [-0.4, -0.2) is 28.8 Å². The minimum absolute atomic E-state index is 1.04. The van der Waals surface area contributed by atoms with Gasteiger partial charge in [0.15, 0.2) is 0 Å². The van der Waals surface area contributed by atoms with Gasteiger partial charge in [0.2, 0.25) is 0 Å². The summed E-state index contributed by atoms with van der Waals surface area (Å²) in [4.78, 5) is 40.6. The third-order valence-electron chi connectivity index (χ3n) is 1.18. The first-order valence-corrected chi connectivity index (χ1v) is 3.15. The summed E-state index contributed by atoms with van der Waals surface area (Å²) in [5, 5.41) is 13.2. The van der Waals surface area contributed by atoms with E-state index in [4.69, 9.17) is 0 Å². The summed E-state index contributed by atoms with van der Waals surface area (Å²) < 4.78 is 0. The van der Waals surface area contributed by atoms with Crippen LogP contribution in [0, 0.1) is 10.1 Å². The molecule has 0 aromatic carbocycles. The van der Waals surface area contributed by atoms with Crippen LogP contribution in [0.15, 0.2) is 0 Å². The maximum atomic E-state index is 10.6. The number of hydrogen-bond acceptors (Lipinski definition) is 7. The highest BCUT2D eigenvalue weighted by molar-refractivity contribution is 6.17. The maximum absolute atomic E-state index is 10.6. The Labute approximate surface area is 76.7 Å². The third kappa shape index (κ3) is 2.46. The van der Waals surface area contributed by atoms with Crippen molar-refractivity contribution in [2.75, 3.05) is 0 Å². The van der Waals surface area contributed by atoms with E-state index in [-0.39, 0.29) is 0 Å². The Kier molecular flexibility index (Phi) is 4.12. The zero-order chi connectivity index (χ0) is 11.3. The summed E-state index contributed by atoms with van der Waals surface area (Å²) in [5.41, 5.74) is 0. The topological polar surface area (TPSA) is 170 Å². The molecule has 0 unspecified atom stereocenters. The van der Waals surface area contributed by atoms with E-state index in [1.807, 2.05) is 0 Å². The molecule has 14 heavy (non-hydrogen) atoms. The first-order valence-electron chi connectivity index (χ1n) is 3.15. The second-order valence-electron chi connectivity index (χ2n) is 2.00. The molecule has 0 aromatic rings. The van der Waals surface area contributed by atoms with Crippen molar-refractivity contribution in [3.8, 4) is 0 Å². The number of hydrogen-bond donors (Lipinski definition) is 4. The molecule has 0 atom stereocenters. The predicted octanol–water partition coefficient (Wildman–Crippen LogP) is -3.18. The van der Waals surface area contributed by atoms with Gasteiger partial charge in [-0.25, -0.2) is 4.79 Å². The van der Waals surface area contributed by atoms with Gasteiger partial charge in [-0.1, -0.05) is 0 Å². The number of carbonyl (C=O) groups is 3. The molecule has 0 radical (unpaired) electrons. The Morgan fingerprint density at radius 1 is 1.14 bits per heavy atom. The normalized spacial score (nSPS) is 16.3. The van der Waals surface area contributed by atoms with E-state index in [2.05, 4.69) is 11.7 Å². The van der Waals surface area contributed by atoms with E-state index in [0.29, 0.717) is 0 Å². The molecule has 78 valence electrons. The molecule has 10 nitrogen and oxygen atoms in total. The first kappa shape index (κ1) is 11.9. The molecular formula is C4H7N5O5. The SMILES string of the molecule is NN.O=C1NC(=O)C([N+](=O)[O-])C(=O)N1. The summed E-state index contributed by atoms with van der Waals surface area (Å²) in [6.07, 6.45) is 0. The van der Waals surface area contributed by atoms with Crippen molar-refractivity contribution in [1.82, 2.24) is 10.6 Å². The van der Waals surface area contributed by atoms with Crippen LogP contribution < -0.4 is 22.3 Å². The van der Waals surface area contributed by atoms with E-state index < -0.39 is 28.8 Å². The minimum atomic E-state index is -2.03. The number of carbonyl (C=O) groups excluding carboxylic acids is 3. The molecule has 6 N–H and O–H groups in total. The second kappa shape index (κ2) is 4.84. The number of imide groups is 2. The zero-order valence-electron chi connectivity index (χ0n) is 6.72. The number of nitrogens with two attached hydrogens (primary N) is 2. The van der Waals surface area contributed by atoms with E-state index in [1.165, 1.54) is 0 Å². The summed E-state index contributed by atoms with van der Waals surface area (Å²) in [6.45, 7) is 0. The summed E-state index contributed by atoms with van der Waals surface area (Å²) in [6, 6.07) is -3.06. The zero-order valence-corrected chi connectivity index (χ0v) is 6.72. The van der Waals surface area contributed by atoms with Crippen LogP contribution in [-0.2, 0) is 9.59 Å². The Balaban J connectivity index is 0.000000791. The fourth-order valence-electron chi connectivity index (χ4n) is 0.702. The molecule has 0 spiro atoms. The van der Waals surface area contributed by atoms with E-state index in [9.17, 15) is 24.5 Å². The van der Waals surface area contributed by atoms with Crippen LogP contribution in [0.1, 0.15) is 0 Å². The van der Waals surface area contributed by atoms with Crippen LogP contribution in [0.3, 0.4) is 0 Å². The van der Waals surface area contributed by atoms with Gasteiger partial charge in [-0.2, -0.15) is 0 Å². The van der Waals surface area contributed by atoms with Crippen molar-refractivity contribution in [2.45, 2.75) is 6.04 Å². The van der Waals surface area contributed by atoms with Gasteiger partial charge in [-0.05, 0) is 0 Å². The Morgan fingerprint density at radius 2 is 1.50 bits per heavy atom. The lowest BCUT2D eigenvalue weighted by atomic mass is 10.2. The minimum Gasteiger partial charge on any atom is -0.274 e. The smallest absolute Gasteiger partial charge is 0.274 e.